The summed E-state index contributed by atoms with van der Waals surface area (Å²) in [6.45, 7) is 9.09. The summed E-state index contributed by atoms with van der Waals surface area (Å²) in [5, 5.41) is 8.59. The standard InChI is InChI=1S/C8H15NO2.ClH/c1-5(7(10)11)6(2)8(3,4)9;/h6H,1,9H2,2-4H3,(H,10,11);1H. The predicted octanol–water partition coefficient (Wildman–Crippen LogP) is -2.71. The Morgan fingerprint density at radius 3 is 2.00 bits per heavy atom. The van der Waals surface area contributed by atoms with Crippen LogP contribution >= 0.6 is 0 Å². The van der Waals surface area contributed by atoms with E-state index < -0.39 is 5.97 Å². The maximum atomic E-state index is 10.5. The Labute approximate surface area is 79.1 Å². The SMILES string of the molecule is C=C(C(=O)O)C(C)C(C)(C)[NH3+].[Cl-]. The molecule has 0 heterocycles. The molecule has 0 aromatic rings. The highest BCUT2D eigenvalue weighted by molar-refractivity contribution is 5.86. The van der Waals surface area contributed by atoms with Gasteiger partial charge in [-0.3, -0.25) is 0 Å². The smallest absolute Gasteiger partial charge is 0.331 e. The van der Waals surface area contributed by atoms with Crippen LogP contribution in [0.1, 0.15) is 20.8 Å². The highest BCUT2D eigenvalue weighted by Crippen LogP contribution is 2.18. The van der Waals surface area contributed by atoms with Crippen LogP contribution in [0.25, 0.3) is 0 Å². The van der Waals surface area contributed by atoms with Crippen molar-refractivity contribution < 1.29 is 28.0 Å². The third-order valence-corrected chi connectivity index (χ3v) is 1.97. The molecule has 0 aromatic heterocycles. The van der Waals surface area contributed by atoms with E-state index in [1.807, 2.05) is 20.8 Å². The van der Waals surface area contributed by atoms with Gasteiger partial charge in [0.15, 0.2) is 0 Å². The lowest BCUT2D eigenvalue weighted by atomic mass is 9.85. The Balaban J connectivity index is 0. The van der Waals surface area contributed by atoms with E-state index in [0.717, 1.165) is 0 Å². The fourth-order valence-electron chi connectivity index (χ4n) is 0.657. The number of halogens is 1. The fraction of sp³-hybridized carbons (Fsp3) is 0.625. The van der Waals surface area contributed by atoms with E-state index in [2.05, 4.69) is 12.3 Å². The fourth-order valence-corrected chi connectivity index (χ4v) is 0.657. The van der Waals surface area contributed by atoms with Gasteiger partial charge in [0.2, 0.25) is 0 Å². The molecule has 0 rings (SSSR count). The van der Waals surface area contributed by atoms with Crippen LogP contribution in [0.3, 0.4) is 0 Å². The van der Waals surface area contributed by atoms with Gasteiger partial charge in [0.1, 0.15) is 0 Å². The zero-order valence-corrected chi connectivity index (χ0v) is 8.48. The molecule has 12 heavy (non-hydrogen) atoms. The maximum absolute atomic E-state index is 10.5. The van der Waals surface area contributed by atoms with Crippen molar-refractivity contribution in [2.24, 2.45) is 5.92 Å². The predicted molar refractivity (Wildman–Crippen MR) is 42.9 cm³/mol. The first-order valence-corrected chi connectivity index (χ1v) is 3.54. The molecule has 0 fully saturated rings. The minimum absolute atomic E-state index is 0. The molecule has 0 aliphatic heterocycles. The van der Waals surface area contributed by atoms with Crippen molar-refractivity contribution in [3.63, 3.8) is 0 Å². The highest BCUT2D eigenvalue weighted by atomic mass is 35.5. The van der Waals surface area contributed by atoms with Crippen molar-refractivity contribution in [3.8, 4) is 0 Å². The normalized spacial score (nSPS) is 13.0. The number of carbonyl (C=O) groups is 1. The third kappa shape index (κ3) is 3.74. The van der Waals surface area contributed by atoms with E-state index >= 15 is 0 Å². The van der Waals surface area contributed by atoms with Crippen LogP contribution in [0.5, 0.6) is 0 Å². The molecule has 0 amide bonds. The van der Waals surface area contributed by atoms with Crippen LogP contribution in [0, 0.1) is 5.92 Å². The molecule has 0 aliphatic carbocycles. The first kappa shape index (κ1) is 14.0. The Morgan fingerprint density at radius 1 is 1.58 bits per heavy atom. The second-order valence-electron chi connectivity index (χ2n) is 3.54. The molecule has 72 valence electrons. The number of hydrogen-bond acceptors (Lipinski definition) is 1. The van der Waals surface area contributed by atoms with Crippen molar-refractivity contribution >= 4 is 5.97 Å². The van der Waals surface area contributed by atoms with Gasteiger partial charge in [-0.1, -0.05) is 13.5 Å². The van der Waals surface area contributed by atoms with Gasteiger partial charge in [0.05, 0.1) is 5.54 Å². The minimum atomic E-state index is -0.936. The van der Waals surface area contributed by atoms with Gasteiger partial charge in [0, 0.05) is 11.5 Å². The monoisotopic (exact) mass is 193 g/mol. The Hall–Kier alpha value is -0.540. The molecular formula is C8H16ClNO2. The molecule has 4 heteroatoms. The molecule has 0 aliphatic rings. The number of aliphatic carboxylic acids is 1. The summed E-state index contributed by atoms with van der Waals surface area (Å²) in [7, 11) is 0. The molecule has 4 N–H and O–H groups in total. The van der Waals surface area contributed by atoms with Gasteiger partial charge in [0.25, 0.3) is 0 Å². The third-order valence-electron chi connectivity index (χ3n) is 1.97. The number of quaternary nitrogens is 1. The summed E-state index contributed by atoms with van der Waals surface area (Å²) >= 11 is 0. The van der Waals surface area contributed by atoms with Gasteiger partial charge >= 0.3 is 5.97 Å². The van der Waals surface area contributed by atoms with E-state index in [-0.39, 0.29) is 29.4 Å². The summed E-state index contributed by atoms with van der Waals surface area (Å²) in [5.41, 5.74) is 3.81. The Bertz CT molecular complexity index is 184. The molecule has 0 bridgehead atoms. The summed E-state index contributed by atoms with van der Waals surface area (Å²) in [5.74, 6) is -1.03. The largest absolute Gasteiger partial charge is 1.00 e. The van der Waals surface area contributed by atoms with E-state index in [1.165, 1.54) is 0 Å². The van der Waals surface area contributed by atoms with Gasteiger partial charge < -0.3 is 23.2 Å². The van der Waals surface area contributed by atoms with Crippen LogP contribution in [0.15, 0.2) is 12.2 Å². The zero-order valence-electron chi connectivity index (χ0n) is 7.72. The topological polar surface area (TPSA) is 64.9 Å². The molecule has 3 nitrogen and oxygen atoms in total. The van der Waals surface area contributed by atoms with Crippen LogP contribution in [-0.4, -0.2) is 16.6 Å². The Kier molecular flexibility index (Phi) is 5.23. The first-order chi connectivity index (χ1) is 4.76. The zero-order chi connectivity index (χ0) is 9.23. The molecule has 1 atom stereocenters. The van der Waals surface area contributed by atoms with Gasteiger partial charge in [-0.05, 0) is 13.8 Å². The number of rotatable bonds is 3. The first-order valence-electron chi connectivity index (χ1n) is 3.54. The van der Waals surface area contributed by atoms with Gasteiger partial charge in [-0.2, -0.15) is 0 Å². The average molecular weight is 194 g/mol. The van der Waals surface area contributed by atoms with Crippen molar-refractivity contribution in [2.45, 2.75) is 26.3 Å². The van der Waals surface area contributed by atoms with E-state index in [4.69, 9.17) is 5.11 Å². The molecule has 1 unspecified atom stereocenters. The summed E-state index contributed by atoms with van der Waals surface area (Å²) in [6.07, 6.45) is 0. The summed E-state index contributed by atoms with van der Waals surface area (Å²) in [6, 6.07) is 0. The lowest BCUT2D eigenvalue weighted by molar-refractivity contribution is -0.475. The summed E-state index contributed by atoms with van der Waals surface area (Å²) in [4.78, 5) is 10.5. The van der Waals surface area contributed by atoms with E-state index in [9.17, 15) is 4.79 Å². The number of hydrogen-bond donors (Lipinski definition) is 2. The second-order valence-corrected chi connectivity index (χ2v) is 3.54. The van der Waals surface area contributed by atoms with Crippen molar-refractivity contribution in [1.82, 2.24) is 0 Å². The van der Waals surface area contributed by atoms with E-state index in [1.54, 1.807) is 0 Å². The van der Waals surface area contributed by atoms with Crippen molar-refractivity contribution in [2.75, 3.05) is 0 Å². The minimum Gasteiger partial charge on any atom is -1.00 e. The molecule has 0 saturated heterocycles. The second kappa shape index (κ2) is 4.48. The van der Waals surface area contributed by atoms with Crippen molar-refractivity contribution in [3.05, 3.63) is 12.2 Å². The molecule has 0 aromatic carbocycles. The van der Waals surface area contributed by atoms with Gasteiger partial charge in [-0.25, -0.2) is 4.79 Å². The molecule has 0 radical (unpaired) electrons. The lowest BCUT2D eigenvalue weighted by Gasteiger charge is -2.23. The van der Waals surface area contributed by atoms with Crippen molar-refractivity contribution in [1.29, 1.82) is 0 Å². The lowest BCUT2D eigenvalue weighted by Crippen LogP contribution is -3.00. The Morgan fingerprint density at radius 2 is 1.92 bits per heavy atom. The summed E-state index contributed by atoms with van der Waals surface area (Å²) < 4.78 is 0. The van der Waals surface area contributed by atoms with Crippen LogP contribution in [-0.2, 0) is 4.79 Å². The molecular weight excluding hydrogens is 178 g/mol. The highest BCUT2D eigenvalue weighted by Gasteiger charge is 2.29. The quantitative estimate of drug-likeness (QED) is 0.479. The maximum Gasteiger partial charge on any atom is 0.331 e. The van der Waals surface area contributed by atoms with Gasteiger partial charge in [-0.15, -0.1) is 0 Å². The average Bonchev–Trinajstić information content (AvgIpc) is 1.82. The molecule has 0 saturated carbocycles. The van der Waals surface area contributed by atoms with Crippen LogP contribution in [0.2, 0.25) is 0 Å². The van der Waals surface area contributed by atoms with Crippen LogP contribution < -0.4 is 18.1 Å². The number of carboxylic acid groups (broad SMARTS) is 1. The molecule has 0 spiro atoms. The van der Waals surface area contributed by atoms with Crippen LogP contribution in [0.4, 0.5) is 0 Å². The number of carboxylic acids is 1. The van der Waals surface area contributed by atoms with E-state index in [0.29, 0.717) is 0 Å².